The van der Waals surface area contributed by atoms with E-state index in [0.29, 0.717) is 11.3 Å². The number of hydrogen-bond donors (Lipinski definition) is 0. The number of rotatable bonds is 9. The third-order valence-electron chi connectivity index (χ3n) is 3.83. The van der Waals surface area contributed by atoms with Crippen LogP contribution in [0.4, 0.5) is 0 Å². The molecule has 6 nitrogen and oxygen atoms in total. The number of hydrogen-bond acceptors (Lipinski definition) is 6. The fraction of sp³-hybridized carbons (Fsp3) is 0.300. The summed E-state index contributed by atoms with van der Waals surface area (Å²) in [6, 6.07) is 13.3. The first-order chi connectivity index (χ1) is 12.8. The van der Waals surface area contributed by atoms with E-state index in [9.17, 15) is 18.0 Å². The summed E-state index contributed by atoms with van der Waals surface area (Å²) >= 11 is 0. The van der Waals surface area contributed by atoms with Crippen LogP contribution < -0.4 is 4.74 Å². The van der Waals surface area contributed by atoms with Crippen LogP contribution in [0.15, 0.2) is 53.4 Å². The van der Waals surface area contributed by atoms with Gasteiger partial charge in [0.2, 0.25) is 0 Å². The minimum atomic E-state index is -3.53. The highest BCUT2D eigenvalue weighted by atomic mass is 32.2. The summed E-state index contributed by atoms with van der Waals surface area (Å²) in [4.78, 5) is 23.5. The highest BCUT2D eigenvalue weighted by molar-refractivity contribution is 7.91. The molecule has 27 heavy (non-hydrogen) atoms. The fourth-order valence-electron chi connectivity index (χ4n) is 2.34. The van der Waals surface area contributed by atoms with Crippen LogP contribution in [0.2, 0.25) is 0 Å². The fourth-order valence-corrected chi connectivity index (χ4v) is 3.57. The molecule has 0 radical (unpaired) electrons. The predicted molar refractivity (Wildman–Crippen MR) is 101 cm³/mol. The van der Waals surface area contributed by atoms with Gasteiger partial charge in [-0.05, 0) is 38.1 Å². The van der Waals surface area contributed by atoms with E-state index in [1.165, 1.54) is 19.1 Å². The van der Waals surface area contributed by atoms with Gasteiger partial charge in [-0.25, -0.2) is 8.42 Å². The summed E-state index contributed by atoms with van der Waals surface area (Å²) in [7, 11) is -3.53. The lowest BCUT2D eigenvalue weighted by Crippen LogP contribution is -2.16. The Labute approximate surface area is 159 Å². The van der Waals surface area contributed by atoms with Gasteiger partial charge in [-0.1, -0.05) is 29.8 Å². The molecular formula is C20H22O6S. The Hall–Kier alpha value is -2.67. The van der Waals surface area contributed by atoms with Crippen molar-refractivity contribution in [3.05, 3.63) is 59.7 Å². The van der Waals surface area contributed by atoms with Crippen LogP contribution in [0.1, 0.15) is 29.3 Å². The summed E-state index contributed by atoms with van der Waals surface area (Å²) in [5, 5.41) is 0. The Kier molecular flexibility index (Phi) is 7.12. The Morgan fingerprint density at radius 1 is 0.963 bits per heavy atom. The molecule has 0 atom stereocenters. The standard InChI is InChI=1S/C20H22O6S/c1-15-7-9-17(10-8-15)27(23,24)14-11-20(22)26-13-12-25-19-6-4-3-5-18(19)16(2)21/h3-10H,11-14H2,1-2H3. The smallest absolute Gasteiger partial charge is 0.306 e. The molecule has 0 fully saturated rings. The number of ether oxygens (including phenoxy) is 2. The summed E-state index contributed by atoms with van der Waals surface area (Å²) < 4.78 is 34.9. The van der Waals surface area contributed by atoms with Crippen molar-refractivity contribution in [1.29, 1.82) is 0 Å². The van der Waals surface area contributed by atoms with Crippen molar-refractivity contribution in [3.63, 3.8) is 0 Å². The summed E-state index contributed by atoms with van der Waals surface area (Å²) in [5.74, 6) is -0.635. The van der Waals surface area contributed by atoms with E-state index >= 15 is 0 Å². The second kappa shape index (κ2) is 9.32. The second-order valence-corrected chi connectivity index (χ2v) is 8.11. The van der Waals surface area contributed by atoms with Gasteiger partial charge in [0, 0.05) is 0 Å². The van der Waals surface area contributed by atoms with E-state index in [4.69, 9.17) is 9.47 Å². The first-order valence-electron chi connectivity index (χ1n) is 8.47. The van der Waals surface area contributed by atoms with E-state index in [1.807, 2.05) is 6.92 Å². The molecule has 0 heterocycles. The monoisotopic (exact) mass is 390 g/mol. The number of carbonyl (C=O) groups excluding carboxylic acids is 2. The van der Waals surface area contributed by atoms with Gasteiger partial charge >= 0.3 is 5.97 Å². The molecule has 0 saturated heterocycles. The van der Waals surface area contributed by atoms with Gasteiger partial charge in [0.25, 0.3) is 0 Å². The molecule has 0 aliphatic heterocycles. The lowest BCUT2D eigenvalue weighted by Gasteiger charge is -2.10. The third kappa shape index (κ3) is 6.21. The minimum Gasteiger partial charge on any atom is -0.489 e. The molecule has 0 amide bonds. The lowest BCUT2D eigenvalue weighted by atomic mass is 10.1. The average Bonchev–Trinajstić information content (AvgIpc) is 2.64. The number of ketones is 1. The summed E-state index contributed by atoms with van der Waals surface area (Å²) in [5.41, 5.74) is 1.41. The van der Waals surface area contributed by atoms with Crippen LogP contribution in [0.3, 0.4) is 0 Å². The lowest BCUT2D eigenvalue weighted by molar-refractivity contribution is -0.143. The SMILES string of the molecule is CC(=O)c1ccccc1OCCOC(=O)CCS(=O)(=O)c1ccc(C)cc1. The number of aryl methyl sites for hydroxylation is 1. The molecule has 0 saturated carbocycles. The molecule has 2 rings (SSSR count). The normalized spacial score (nSPS) is 11.0. The van der Waals surface area contributed by atoms with Gasteiger partial charge in [0.1, 0.15) is 19.0 Å². The quantitative estimate of drug-likeness (QED) is 0.372. The second-order valence-electron chi connectivity index (χ2n) is 6.00. The van der Waals surface area contributed by atoms with Crippen LogP contribution in [0, 0.1) is 6.92 Å². The van der Waals surface area contributed by atoms with Crippen molar-refractivity contribution >= 4 is 21.6 Å². The average molecular weight is 390 g/mol. The summed E-state index contributed by atoms with van der Waals surface area (Å²) in [6.45, 7) is 3.34. The highest BCUT2D eigenvalue weighted by Gasteiger charge is 2.17. The molecule has 0 aliphatic rings. The largest absolute Gasteiger partial charge is 0.489 e. The van der Waals surface area contributed by atoms with Crippen LogP contribution in [-0.4, -0.2) is 39.1 Å². The maximum absolute atomic E-state index is 12.2. The van der Waals surface area contributed by atoms with E-state index in [0.717, 1.165) is 5.56 Å². The van der Waals surface area contributed by atoms with Crippen molar-refractivity contribution in [3.8, 4) is 5.75 Å². The first-order valence-corrected chi connectivity index (χ1v) is 10.1. The van der Waals surface area contributed by atoms with Crippen molar-refractivity contribution in [2.45, 2.75) is 25.2 Å². The molecule has 0 N–H and O–H groups in total. The zero-order chi connectivity index (χ0) is 19.9. The number of sulfone groups is 1. The van der Waals surface area contributed by atoms with Gasteiger partial charge in [-0.15, -0.1) is 0 Å². The van der Waals surface area contributed by atoms with Gasteiger partial charge in [-0.3, -0.25) is 9.59 Å². The number of benzene rings is 2. The summed E-state index contributed by atoms with van der Waals surface area (Å²) in [6.07, 6.45) is -0.236. The molecular weight excluding hydrogens is 368 g/mol. The molecule has 0 bridgehead atoms. The molecule has 144 valence electrons. The minimum absolute atomic E-state index is 0.0321. The van der Waals surface area contributed by atoms with E-state index < -0.39 is 15.8 Å². The first kappa shape index (κ1) is 20.6. The number of carbonyl (C=O) groups is 2. The van der Waals surface area contributed by atoms with Crippen molar-refractivity contribution < 1.29 is 27.5 Å². The number of esters is 1. The van der Waals surface area contributed by atoms with Crippen molar-refractivity contribution in [1.82, 2.24) is 0 Å². The van der Waals surface area contributed by atoms with Crippen molar-refractivity contribution in [2.75, 3.05) is 19.0 Å². The Bertz CT molecular complexity index is 900. The third-order valence-corrected chi connectivity index (χ3v) is 5.56. The molecule has 0 aromatic heterocycles. The molecule has 2 aromatic rings. The van der Waals surface area contributed by atoms with Gasteiger partial charge < -0.3 is 9.47 Å². The van der Waals surface area contributed by atoms with Gasteiger partial charge in [0.05, 0.1) is 22.6 Å². The van der Waals surface area contributed by atoms with Crippen LogP contribution >= 0.6 is 0 Å². The van der Waals surface area contributed by atoms with Gasteiger partial charge in [-0.2, -0.15) is 0 Å². The Balaban J connectivity index is 1.77. The Morgan fingerprint density at radius 3 is 2.30 bits per heavy atom. The molecule has 7 heteroatoms. The van der Waals surface area contributed by atoms with Gasteiger partial charge in [0.15, 0.2) is 15.6 Å². The molecule has 0 spiro atoms. The van der Waals surface area contributed by atoms with Crippen LogP contribution in [-0.2, 0) is 19.4 Å². The Morgan fingerprint density at radius 2 is 1.63 bits per heavy atom. The molecule has 2 aromatic carbocycles. The van der Waals surface area contributed by atoms with Crippen LogP contribution in [0.5, 0.6) is 5.75 Å². The molecule has 0 aliphatic carbocycles. The van der Waals surface area contributed by atoms with E-state index in [-0.39, 0.29) is 36.1 Å². The van der Waals surface area contributed by atoms with E-state index in [1.54, 1.807) is 36.4 Å². The molecule has 0 unspecified atom stereocenters. The topological polar surface area (TPSA) is 86.7 Å². The van der Waals surface area contributed by atoms with Crippen LogP contribution in [0.25, 0.3) is 0 Å². The zero-order valence-electron chi connectivity index (χ0n) is 15.3. The van der Waals surface area contributed by atoms with E-state index in [2.05, 4.69) is 0 Å². The maximum Gasteiger partial charge on any atom is 0.306 e. The van der Waals surface area contributed by atoms with Crippen molar-refractivity contribution in [2.24, 2.45) is 0 Å². The predicted octanol–water partition coefficient (Wildman–Crippen LogP) is 2.98. The maximum atomic E-state index is 12.2. The number of para-hydroxylation sites is 1. The number of Topliss-reactive ketones (excluding diaryl/α,β-unsaturated/α-hetero) is 1. The zero-order valence-corrected chi connectivity index (χ0v) is 16.1. The highest BCUT2D eigenvalue weighted by Crippen LogP contribution is 2.18.